The normalized spacial score (nSPS) is 15.8. The third-order valence-corrected chi connectivity index (χ3v) is 4.16. The van der Waals surface area contributed by atoms with Crippen LogP contribution in [0.3, 0.4) is 0 Å². The van der Waals surface area contributed by atoms with Crippen molar-refractivity contribution in [3.63, 3.8) is 0 Å². The Hall–Kier alpha value is -1.90. The van der Waals surface area contributed by atoms with Gasteiger partial charge in [-0.2, -0.15) is 0 Å². The molecule has 138 valence electrons. The molecule has 1 saturated heterocycles. The molecule has 0 bridgehead atoms. The number of carbonyl (C=O) groups excluding carboxylic acids is 1. The van der Waals surface area contributed by atoms with E-state index in [0.29, 0.717) is 24.2 Å². The lowest BCUT2D eigenvalue weighted by atomic mass is 9.98. The molecule has 8 nitrogen and oxygen atoms in total. The SMILES string of the molecule is CC(C)(C)OC(=O)N1CCC(COc2ncc(Br)cc2[N+](=O)O)CC1. The molecule has 1 aliphatic rings. The average molecular weight is 417 g/mol. The first kappa shape index (κ1) is 19.4. The van der Waals surface area contributed by atoms with E-state index in [4.69, 9.17) is 14.7 Å². The van der Waals surface area contributed by atoms with Gasteiger partial charge in [-0.15, -0.1) is 0 Å². The second kappa shape index (κ2) is 7.99. The van der Waals surface area contributed by atoms with Crippen LogP contribution in [0.5, 0.6) is 5.88 Å². The lowest BCUT2D eigenvalue weighted by molar-refractivity contribution is -0.730. The van der Waals surface area contributed by atoms with Crippen LogP contribution in [0.2, 0.25) is 0 Å². The quantitative estimate of drug-likeness (QED) is 0.752. The molecule has 0 saturated carbocycles. The van der Waals surface area contributed by atoms with Crippen molar-refractivity contribution in [3.05, 3.63) is 21.6 Å². The van der Waals surface area contributed by atoms with Crippen LogP contribution in [0, 0.1) is 10.8 Å². The molecular formula is C16H23BrN3O5+. The van der Waals surface area contributed by atoms with Crippen LogP contribution in [0.15, 0.2) is 16.7 Å². The standard InChI is InChI=1S/C16H23BrN3O5/c1-16(2,3)25-15(21)19-6-4-11(5-7-19)10-24-14-13(20(22)23)8-12(17)9-18-14/h8-9,11H,4-7,10H2,1-3H3,(H,22,23)/q+1. The van der Waals surface area contributed by atoms with E-state index in [0.717, 1.165) is 12.8 Å². The Morgan fingerprint density at radius 1 is 1.44 bits per heavy atom. The Kier molecular flexibility index (Phi) is 6.21. The topological polar surface area (TPSA) is 92.0 Å². The smallest absolute Gasteiger partial charge is 0.410 e. The molecule has 25 heavy (non-hydrogen) atoms. The summed E-state index contributed by atoms with van der Waals surface area (Å²) in [6.45, 7) is 7.07. The minimum Gasteiger partial charge on any atom is -0.472 e. The highest BCUT2D eigenvalue weighted by Crippen LogP contribution is 2.28. The highest BCUT2D eigenvalue weighted by Gasteiger charge is 2.28. The van der Waals surface area contributed by atoms with Gasteiger partial charge in [0.05, 0.1) is 11.5 Å². The summed E-state index contributed by atoms with van der Waals surface area (Å²) in [6, 6.07) is 1.43. The van der Waals surface area contributed by atoms with E-state index >= 15 is 0 Å². The fourth-order valence-corrected chi connectivity index (χ4v) is 2.79. The summed E-state index contributed by atoms with van der Waals surface area (Å²) in [5, 5.41) is 9.13. The maximum Gasteiger partial charge on any atom is 0.410 e. The van der Waals surface area contributed by atoms with Crippen molar-refractivity contribution in [2.45, 2.75) is 39.2 Å². The van der Waals surface area contributed by atoms with Gasteiger partial charge < -0.3 is 14.4 Å². The van der Waals surface area contributed by atoms with Gasteiger partial charge in [0.1, 0.15) is 5.60 Å². The van der Waals surface area contributed by atoms with Gasteiger partial charge in [-0.25, -0.2) is 15.0 Å². The number of amides is 1. The summed E-state index contributed by atoms with van der Waals surface area (Å²) >= 11 is 3.19. The molecule has 1 fully saturated rings. The van der Waals surface area contributed by atoms with Crippen molar-refractivity contribution >= 4 is 27.7 Å². The van der Waals surface area contributed by atoms with E-state index in [1.54, 1.807) is 4.90 Å². The van der Waals surface area contributed by atoms with E-state index in [2.05, 4.69) is 20.9 Å². The van der Waals surface area contributed by atoms with E-state index in [9.17, 15) is 9.70 Å². The van der Waals surface area contributed by atoms with Crippen molar-refractivity contribution in [3.8, 4) is 5.88 Å². The maximum atomic E-state index is 12.0. The highest BCUT2D eigenvalue weighted by molar-refractivity contribution is 9.10. The summed E-state index contributed by atoms with van der Waals surface area (Å²) < 4.78 is 11.5. The number of carbonyl (C=O) groups is 1. The minimum atomic E-state index is -0.505. The van der Waals surface area contributed by atoms with Crippen LogP contribution >= 0.6 is 15.9 Å². The van der Waals surface area contributed by atoms with Crippen LogP contribution in [0.1, 0.15) is 33.6 Å². The summed E-state index contributed by atoms with van der Waals surface area (Å²) in [7, 11) is 0. The van der Waals surface area contributed by atoms with Crippen LogP contribution in [-0.4, -0.2) is 51.4 Å². The van der Waals surface area contributed by atoms with E-state index in [-0.39, 0.29) is 28.5 Å². The second-order valence-corrected chi connectivity index (χ2v) is 7.89. The number of rotatable bonds is 4. The minimum absolute atomic E-state index is 0.0550. The number of halogens is 1. The third-order valence-electron chi connectivity index (χ3n) is 3.73. The van der Waals surface area contributed by atoms with Crippen LogP contribution in [0.25, 0.3) is 0 Å². The number of ether oxygens (including phenoxy) is 2. The number of piperidine rings is 1. The first-order valence-corrected chi connectivity index (χ1v) is 8.87. The Morgan fingerprint density at radius 2 is 2.08 bits per heavy atom. The van der Waals surface area contributed by atoms with Gasteiger partial charge in [-0.1, -0.05) is 0 Å². The molecule has 0 radical (unpaired) electrons. The van der Waals surface area contributed by atoms with Crippen molar-refractivity contribution in [2.24, 2.45) is 5.92 Å². The van der Waals surface area contributed by atoms with Gasteiger partial charge in [-0.05, 0) is 55.5 Å². The maximum absolute atomic E-state index is 12.0. The molecule has 1 N–H and O–H groups in total. The molecule has 0 aromatic carbocycles. The predicted molar refractivity (Wildman–Crippen MR) is 93.0 cm³/mol. The van der Waals surface area contributed by atoms with E-state index in [1.807, 2.05) is 20.8 Å². The Labute approximate surface area is 154 Å². The largest absolute Gasteiger partial charge is 0.472 e. The van der Waals surface area contributed by atoms with Crippen molar-refractivity contribution < 1.29 is 24.4 Å². The molecule has 1 aliphatic heterocycles. The molecule has 1 aromatic rings. The molecule has 1 amide bonds. The lowest BCUT2D eigenvalue weighted by Crippen LogP contribution is -2.42. The predicted octanol–water partition coefficient (Wildman–Crippen LogP) is 3.67. The van der Waals surface area contributed by atoms with Gasteiger partial charge in [0, 0.05) is 29.8 Å². The number of hydrogen-bond acceptors (Lipinski definition) is 5. The zero-order valence-electron chi connectivity index (χ0n) is 14.6. The molecule has 0 spiro atoms. The molecule has 2 rings (SSSR count). The number of likely N-dealkylation sites (tertiary alicyclic amines) is 1. The average Bonchev–Trinajstić information content (AvgIpc) is 2.52. The first-order valence-electron chi connectivity index (χ1n) is 8.08. The van der Waals surface area contributed by atoms with Gasteiger partial charge in [0.2, 0.25) is 0 Å². The van der Waals surface area contributed by atoms with Crippen LogP contribution < -0.4 is 4.74 Å². The van der Waals surface area contributed by atoms with Crippen molar-refractivity contribution in [2.75, 3.05) is 19.7 Å². The highest BCUT2D eigenvalue weighted by atomic mass is 79.9. The summed E-state index contributed by atoms with van der Waals surface area (Å²) in [5.74, 6) is 0.311. The molecule has 0 unspecified atom stereocenters. The fourth-order valence-electron chi connectivity index (χ4n) is 2.47. The summed E-state index contributed by atoms with van der Waals surface area (Å²) in [6.07, 6.45) is 2.73. The van der Waals surface area contributed by atoms with E-state index < -0.39 is 5.60 Å². The van der Waals surface area contributed by atoms with Crippen molar-refractivity contribution in [1.29, 1.82) is 0 Å². The first-order chi connectivity index (χ1) is 11.7. The molecular weight excluding hydrogens is 394 g/mol. The summed E-state index contributed by atoms with van der Waals surface area (Å²) in [4.78, 5) is 28.7. The lowest BCUT2D eigenvalue weighted by Gasteiger charge is -2.33. The van der Waals surface area contributed by atoms with Crippen LogP contribution in [-0.2, 0) is 4.74 Å². The summed E-state index contributed by atoms with van der Waals surface area (Å²) in [5.41, 5.74) is -0.560. The van der Waals surface area contributed by atoms with Crippen molar-refractivity contribution in [1.82, 2.24) is 9.88 Å². The van der Waals surface area contributed by atoms with Gasteiger partial charge in [-0.3, -0.25) is 0 Å². The number of aromatic nitrogens is 1. The Morgan fingerprint density at radius 3 is 2.64 bits per heavy atom. The Balaban J connectivity index is 1.85. The number of pyridine rings is 1. The molecule has 2 heterocycles. The van der Waals surface area contributed by atoms with Crippen LogP contribution in [0.4, 0.5) is 10.5 Å². The molecule has 0 aliphatic carbocycles. The molecule has 9 heteroatoms. The second-order valence-electron chi connectivity index (χ2n) is 6.97. The monoisotopic (exact) mass is 416 g/mol. The molecule has 0 atom stereocenters. The fraction of sp³-hybridized carbons (Fsp3) is 0.625. The number of nitrogens with zero attached hydrogens (tertiary/aromatic N) is 3. The zero-order valence-corrected chi connectivity index (χ0v) is 16.2. The Bertz CT molecular complexity index is 639. The number of hydrogen-bond donors (Lipinski definition) is 1. The van der Waals surface area contributed by atoms with Gasteiger partial charge >= 0.3 is 11.8 Å². The molecule has 1 aromatic heterocycles. The van der Waals surface area contributed by atoms with E-state index in [1.165, 1.54) is 12.3 Å². The third kappa shape index (κ3) is 5.84. The van der Waals surface area contributed by atoms with Gasteiger partial charge in [0.15, 0.2) is 0 Å². The van der Waals surface area contributed by atoms with Gasteiger partial charge in [0.25, 0.3) is 10.8 Å². The zero-order chi connectivity index (χ0) is 18.6.